The van der Waals surface area contributed by atoms with Crippen LogP contribution in [0.1, 0.15) is 13.8 Å². The van der Waals surface area contributed by atoms with Gasteiger partial charge < -0.3 is 4.74 Å². The second kappa shape index (κ2) is 9.19. The summed E-state index contributed by atoms with van der Waals surface area (Å²) in [6.45, 7) is 4.30. The number of nitrogens with one attached hydrogen (secondary N) is 1. The van der Waals surface area contributed by atoms with Crippen molar-refractivity contribution in [3.8, 4) is 22.9 Å². The fourth-order valence-corrected chi connectivity index (χ4v) is 4.79. The summed E-state index contributed by atoms with van der Waals surface area (Å²) in [7, 11) is -3.78. The highest BCUT2D eigenvalue weighted by Crippen LogP contribution is 2.29. The number of anilines is 1. The zero-order valence-corrected chi connectivity index (χ0v) is 18.5. The summed E-state index contributed by atoms with van der Waals surface area (Å²) in [5.74, 6) is 1.83. The molecule has 1 N–H and O–H groups in total. The van der Waals surface area contributed by atoms with Gasteiger partial charge in [0.25, 0.3) is 10.0 Å². The number of hydrogen-bond acceptors (Lipinski definition) is 6. The Kier molecular flexibility index (Phi) is 6.18. The fraction of sp³-hybridized carbons (Fsp3) is 0.174. The standard InChI is InChI=1S/C23H23N5O3S/c1-17(2)16-28(19-10-8-18(9-11-19)23-24-26-27-25-23)32(29,30)22-14-12-21(13-15-22)31-20-6-4-3-5-7-20/h3-15,17H,16H2,1-2H3,(H,24,25,26,27). The molecule has 4 aromatic rings. The van der Waals surface area contributed by atoms with Crippen molar-refractivity contribution in [2.24, 2.45) is 5.92 Å². The molecule has 0 radical (unpaired) electrons. The summed E-state index contributed by atoms with van der Waals surface area (Å²) in [5.41, 5.74) is 1.31. The van der Waals surface area contributed by atoms with Crippen LogP contribution in [0.3, 0.4) is 0 Å². The van der Waals surface area contributed by atoms with Gasteiger partial charge in [0, 0.05) is 12.1 Å². The van der Waals surface area contributed by atoms with E-state index in [1.165, 1.54) is 4.31 Å². The third-order valence-corrected chi connectivity index (χ3v) is 6.49. The first kappa shape index (κ1) is 21.5. The molecule has 0 aliphatic rings. The van der Waals surface area contributed by atoms with E-state index in [0.717, 1.165) is 5.56 Å². The van der Waals surface area contributed by atoms with Crippen LogP contribution in [0.5, 0.6) is 11.5 Å². The molecule has 3 aromatic carbocycles. The van der Waals surface area contributed by atoms with Crippen molar-refractivity contribution in [1.82, 2.24) is 20.6 Å². The first-order chi connectivity index (χ1) is 15.4. The Balaban J connectivity index is 1.60. The van der Waals surface area contributed by atoms with Crippen molar-refractivity contribution in [3.05, 3.63) is 78.9 Å². The zero-order valence-electron chi connectivity index (χ0n) is 17.7. The summed E-state index contributed by atoms with van der Waals surface area (Å²) in [6, 6.07) is 22.8. The first-order valence-electron chi connectivity index (χ1n) is 10.1. The maximum atomic E-state index is 13.5. The van der Waals surface area contributed by atoms with E-state index in [1.807, 2.05) is 44.2 Å². The molecule has 0 aliphatic carbocycles. The van der Waals surface area contributed by atoms with Gasteiger partial charge in [-0.2, -0.15) is 5.21 Å². The van der Waals surface area contributed by atoms with Crippen LogP contribution in [0.25, 0.3) is 11.4 Å². The number of tetrazole rings is 1. The lowest BCUT2D eigenvalue weighted by Gasteiger charge is -2.26. The maximum Gasteiger partial charge on any atom is 0.264 e. The average Bonchev–Trinajstić information content (AvgIpc) is 3.34. The third-order valence-electron chi connectivity index (χ3n) is 4.68. The number of rotatable bonds is 8. The van der Waals surface area contributed by atoms with Crippen molar-refractivity contribution >= 4 is 15.7 Å². The quantitative estimate of drug-likeness (QED) is 0.425. The normalized spacial score (nSPS) is 11.5. The Labute approximate surface area is 186 Å². The molecular weight excluding hydrogens is 426 g/mol. The predicted molar refractivity (Wildman–Crippen MR) is 122 cm³/mol. The largest absolute Gasteiger partial charge is 0.457 e. The van der Waals surface area contributed by atoms with Crippen LogP contribution in [0.4, 0.5) is 5.69 Å². The lowest BCUT2D eigenvalue weighted by molar-refractivity contribution is 0.482. The highest BCUT2D eigenvalue weighted by Gasteiger charge is 2.26. The lowest BCUT2D eigenvalue weighted by atomic mass is 10.2. The second-order valence-corrected chi connectivity index (χ2v) is 9.46. The van der Waals surface area contributed by atoms with E-state index in [2.05, 4.69) is 20.6 Å². The number of nitrogens with zero attached hydrogens (tertiary/aromatic N) is 4. The smallest absolute Gasteiger partial charge is 0.264 e. The van der Waals surface area contributed by atoms with Crippen LogP contribution >= 0.6 is 0 Å². The van der Waals surface area contributed by atoms with E-state index >= 15 is 0 Å². The zero-order chi connectivity index (χ0) is 22.6. The molecule has 1 heterocycles. The van der Waals surface area contributed by atoms with Crippen LogP contribution in [0, 0.1) is 5.92 Å². The highest BCUT2D eigenvalue weighted by atomic mass is 32.2. The van der Waals surface area contributed by atoms with Gasteiger partial charge in [-0.15, -0.1) is 10.2 Å². The van der Waals surface area contributed by atoms with Crippen LogP contribution < -0.4 is 9.04 Å². The molecular formula is C23H23N5O3S. The molecule has 0 unspecified atom stereocenters. The van der Waals surface area contributed by atoms with Gasteiger partial charge >= 0.3 is 0 Å². The molecule has 32 heavy (non-hydrogen) atoms. The van der Waals surface area contributed by atoms with Gasteiger partial charge in [0.2, 0.25) is 5.82 Å². The van der Waals surface area contributed by atoms with Gasteiger partial charge in [-0.1, -0.05) is 32.0 Å². The monoisotopic (exact) mass is 449 g/mol. The minimum absolute atomic E-state index is 0.127. The molecule has 8 nitrogen and oxygen atoms in total. The summed E-state index contributed by atoms with van der Waals surface area (Å²) in [6.07, 6.45) is 0. The fourth-order valence-electron chi connectivity index (χ4n) is 3.17. The van der Waals surface area contributed by atoms with Gasteiger partial charge in [-0.05, 0) is 71.8 Å². The summed E-state index contributed by atoms with van der Waals surface area (Å²) in [4.78, 5) is 0.195. The maximum absolute atomic E-state index is 13.5. The number of ether oxygens (including phenoxy) is 1. The van der Waals surface area contributed by atoms with Crippen molar-refractivity contribution in [2.45, 2.75) is 18.7 Å². The topological polar surface area (TPSA) is 101 Å². The molecule has 1 aromatic heterocycles. The van der Waals surface area contributed by atoms with E-state index in [0.29, 0.717) is 29.6 Å². The van der Waals surface area contributed by atoms with E-state index in [1.54, 1.807) is 48.5 Å². The van der Waals surface area contributed by atoms with Crippen molar-refractivity contribution in [2.75, 3.05) is 10.8 Å². The molecule has 4 rings (SSSR count). The molecule has 0 fully saturated rings. The molecule has 0 atom stereocenters. The average molecular weight is 450 g/mol. The molecule has 0 bridgehead atoms. The number of benzene rings is 3. The second-order valence-electron chi connectivity index (χ2n) is 7.60. The molecule has 0 spiro atoms. The third kappa shape index (κ3) is 4.78. The number of H-pyrrole nitrogens is 1. The Hall–Kier alpha value is -3.72. The lowest BCUT2D eigenvalue weighted by Crippen LogP contribution is -2.34. The summed E-state index contributed by atoms with van der Waals surface area (Å²) >= 11 is 0. The Morgan fingerprint density at radius 3 is 2.16 bits per heavy atom. The van der Waals surface area contributed by atoms with Crippen LogP contribution in [-0.2, 0) is 10.0 Å². The van der Waals surface area contributed by atoms with E-state index in [9.17, 15) is 8.42 Å². The first-order valence-corrected chi connectivity index (χ1v) is 11.6. The summed E-state index contributed by atoms with van der Waals surface area (Å²) < 4.78 is 34.2. The minimum atomic E-state index is -3.78. The minimum Gasteiger partial charge on any atom is -0.457 e. The Bertz CT molecular complexity index is 1240. The van der Waals surface area contributed by atoms with Crippen LogP contribution in [0.2, 0.25) is 0 Å². The number of para-hydroxylation sites is 1. The number of aromatic nitrogens is 4. The molecule has 164 valence electrons. The molecule has 0 saturated carbocycles. The van der Waals surface area contributed by atoms with Gasteiger partial charge in [0.15, 0.2) is 0 Å². The summed E-state index contributed by atoms with van der Waals surface area (Å²) in [5, 5.41) is 13.9. The van der Waals surface area contributed by atoms with Gasteiger partial charge in [-0.25, -0.2) is 8.42 Å². The number of hydrogen-bond donors (Lipinski definition) is 1. The molecule has 0 aliphatic heterocycles. The van der Waals surface area contributed by atoms with Gasteiger partial charge in [-0.3, -0.25) is 4.31 Å². The Morgan fingerprint density at radius 2 is 1.56 bits per heavy atom. The van der Waals surface area contributed by atoms with E-state index in [4.69, 9.17) is 4.74 Å². The number of sulfonamides is 1. The van der Waals surface area contributed by atoms with Gasteiger partial charge in [0.05, 0.1) is 10.6 Å². The number of aromatic amines is 1. The highest BCUT2D eigenvalue weighted by molar-refractivity contribution is 7.92. The van der Waals surface area contributed by atoms with Gasteiger partial charge in [0.1, 0.15) is 11.5 Å². The predicted octanol–water partition coefficient (Wildman–Crippen LogP) is 4.51. The van der Waals surface area contributed by atoms with Crippen LogP contribution in [0.15, 0.2) is 83.8 Å². The van der Waals surface area contributed by atoms with Crippen molar-refractivity contribution in [1.29, 1.82) is 0 Å². The van der Waals surface area contributed by atoms with E-state index in [-0.39, 0.29) is 10.8 Å². The molecule has 9 heteroatoms. The van der Waals surface area contributed by atoms with E-state index < -0.39 is 10.0 Å². The molecule has 0 amide bonds. The Morgan fingerprint density at radius 1 is 0.906 bits per heavy atom. The van der Waals surface area contributed by atoms with Crippen molar-refractivity contribution in [3.63, 3.8) is 0 Å². The van der Waals surface area contributed by atoms with Crippen molar-refractivity contribution < 1.29 is 13.2 Å². The SMILES string of the molecule is CC(C)CN(c1ccc(-c2nn[nH]n2)cc1)S(=O)(=O)c1ccc(Oc2ccccc2)cc1. The van der Waals surface area contributed by atoms with Crippen LogP contribution in [-0.4, -0.2) is 35.6 Å². The molecule has 0 saturated heterocycles.